The molecule has 0 unspecified atom stereocenters. The number of methoxy groups -OCH3 is 1. The first-order chi connectivity index (χ1) is 15.5. The summed E-state index contributed by atoms with van der Waals surface area (Å²) in [5, 5.41) is 30.1. The Morgan fingerprint density at radius 3 is 2.75 bits per heavy atom. The summed E-state index contributed by atoms with van der Waals surface area (Å²) < 4.78 is 20.0. The maximum Gasteiger partial charge on any atom is 0.233 e. The molecule has 2 saturated heterocycles. The van der Waals surface area contributed by atoms with E-state index in [1.807, 2.05) is 18.0 Å². The first-order valence-electron chi connectivity index (χ1n) is 10.6. The molecule has 166 valence electrons. The molecule has 4 atom stereocenters. The minimum Gasteiger partial charge on any atom is -0.507 e. The predicted octanol–water partition coefficient (Wildman–Crippen LogP) is 2.38. The lowest BCUT2D eigenvalue weighted by atomic mass is 9.96. The van der Waals surface area contributed by atoms with Crippen LogP contribution >= 0.6 is 0 Å². The molecule has 0 amide bonds. The fourth-order valence-electron chi connectivity index (χ4n) is 4.58. The van der Waals surface area contributed by atoms with Crippen LogP contribution in [0.1, 0.15) is 19.3 Å². The third kappa shape index (κ3) is 3.70. The van der Waals surface area contributed by atoms with Crippen molar-refractivity contribution in [1.29, 1.82) is 0 Å². The molecular formula is C22H24FN7O2. The number of phenols is 1. The SMILES string of the molecule is COc1cc(-c2ccc(-c3ncc(N(C)[C@@H]4C[C@@H]5CC[C@@H](N5)[C@@H]4F)nn3)c(O)c2)cnn1. The Balaban J connectivity index is 1.35. The Hall–Kier alpha value is -3.40. The molecule has 0 spiro atoms. The van der Waals surface area contributed by atoms with Crippen LogP contribution in [0.15, 0.2) is 36.7 Å². The monoisotopic (exact) mass is 437 g/mol. The third-order valence-corrected chi connectivity index (χ3v) is 6.38. The van der Waals surface area contributed by atoms with Gasteiger partial charge in [0, 0.05) is 30.8 Å². The molecule has 2 aliphatic heterocycles. The van der Waals surface area contributed by atoms with Gasteiger partial charge in [0.2, 0.25) is 5.88 Å². The van der Waals surface area contributed by atoms with Crippen molar-refractivity contribution >= 4 is 5.82 Å². The zero-order valence-electron chi connectivity index (χ0n) is 17.8. The second-order valence-corrected chi connectivity index (χ2v) is 8.26. The van der Waals surface area contributed by atoms with Crippen LogP contribution in [0.3, 0.4) is 0 Å². The number of aromatic hydroxyl groups is 1. The quantitative estimate of drug-likeness (QED) is 0.622. The average Bonchev–Trinajstić information content (AvgIpc) is 3.24. The first kappa shape index (κ1) is 20.5. The molecule has 2 aliphatic rings. The van der Waals surface area contributed by atoms with Gasteiger partial charge in [0.05, 0.1) is 31.1 Å². The molecule has 2 aromatic heterocycles. The van der Waals surface area contributed by atoms with Crippen LogP contribution in [-0.4, -0.2) is 68.9 Å². The highest BCUT2D eigenvalue weighted by molar-refractivity contribution is 5.72. The van der Waals surface area contributed by atoms with Crippen LogP contribution in [-0.2, 0) is 0 Å². The van der Waals surface area contributed by atoms with Crippen LogP contribution in [0.25, 0.3) is 22.5 Å². The van der Waals surface area contributed by atoms with Crippen LogP contribution in [0.2, 0.25) is 0 Å². The standard InChI is InChI=1S/C22H24FN7O2/c1-30(17-9-14-4-6-16(26-14)21(17)23)19-11-24-22(29-27-19)15-5-3-12(7-18(15)31)13-8-20(32-2)28-25-10-13/h3,5,7-8,10-11,14,16-17,21,26,31H,4,6,9H2,1-2H3/t14-,16+,17+,21-/m0/s1. The summed E-state index contributed by atoms with van der Waals surface area (Å²) in [4.78, 5) is 6.21. The van der Waals surface area contributed by atoms with E-state index in [9.17, 15) is 9.50 Å². The maximum absolute atomic E-state index is 14.9. The van der Waals surface area contributed by atoms with Crippen LogP contribution in [0.5, 0.6) is 11.6 Å². The number of ether oxygens (including phenoxy) is 1. The molecule has 2 bridgehead atoms. The van der Waals surface area contributed by atoms with E-state index < -0.39 is 6.17 Å². The van der Waals surface area contributed by atoms with Crippen LogP contribution < -0.4 is 15.0 Å². The summed E-state index contributed by atoms with van der Waals surface area (Å²) >= 11 is 0. The molecule has 3 aromatic rings. The van der Waals surface area contributed by atoms with E-state index >= 15 is 0 Å². The van der Waals surface area contributed by atoms with E-state index in [4.69, 9.17) is 4.74 Å². The average molecular weight is 437 g/mol. The topological polar surface area (TPSA) is 109 Å². The molecule has 0 aliphatic carbocycles. The fourth-order valence-corrected chi connectivity index (χ4v) is 4.58. The lowest BCUT2D eigenvalue weighted by Gasteiger charge is -2.38. The van der Waals surface area contributed by atoms with Crippen LogP contribution in [0, 0.1) is 0 Å². The molecule has 4 heterocycles. The highest BCUT2D eigenvalue weighted by Crippen LogP contribution is 2.34. The number of hydrogen-bond acceptors (Lipinski definition) is 9. The summed E-state index contributed by atoms with van der Waals surface area (Å²) in [5.74, 6) is 1.20. The van der Waals surface area contributed by atoms with Crippen LogP contribution in [0.4, 0.5) is 10.2 Å². The molecule has 2 fully saturated rings. The van der Waals surface area contributed by atoms with Crippen molar-refractivity contribution in [3.63, 3.8) is 0 Å². The zero-order chi connectivity index (χ0) is 22.2. The summed E-state index contributed by atoms with van der Waals surface area (Å²) in [6, 6.07) is 6.89. The number of phenolic OH excluding ortho intramolecular Hbond substituents is 1. The molecular weight excluding hydrogens is 413 g/mol. The lowest BCUT2D eigenvalue weighted by molar-refractivity contribution is 0.176. The van der Waals surface area contributed by atoms with Gasteiger partial charge in [-0.25, -0.2) is 9.37 Å². The normalized spacial score (nSPS) is 24.3. The van der Waals surface area contributed by atoms with Crippen molar-refractivity contribution in [2.24, 2.45) is 0 Å². The molecule has 0 saturated carbocycles. The van der Waals surface area contributed by atoms with Gasteiger partial charge in [-0.1, -0.05) is 6.07 Å². The lowest BCUT2D eigenvalue weighted by Crippen LogP contribution is -2.55. The third-order valence-electron chi connectivity index (χ3n) is 6.38. The fraction of sp³-hybridized carbons (Fsp3) is 0.409. The van der Waals surface area contributed by atoms with Crippen molar-refractivity contribution in [1.82, 2.24) is 30.7 Å². The number of rotatable bonds is 5. The Bertz CT molecular complexity index is 1110. The van der Waals surface area contributed by atoms with Gasteiger partial charge in [-0.15, -0.1) is 15.3 Å². The van der Waals surface area contributed by atoms with Gasteiger partial charge in [-0.05, 0) is 37.0 Å². The predicted molar refractivity (Wildman–Crippen MR) is 116 cm³/mol. The number of anilines is 1. The Labute approximate surface area is 184 Å². The van der Waals surface area contributed by atoms with Crippen molar-refractivity contribution < 1.29 is 14.2 Å². The van der Waals surface area contributed by atoms with E-state index in [0.29, 0.717) is 29.1 Å². The second-order valence-electron chi connectivity index (χ2n) is 8.26. The molecule has 2 N–H and O–H groups in total. The molecule has 1 aromatic carbocycles. The van der Waals surface area contributed by atoms with Gasteiger partial charge in [-0.2, -0.15) is 5.10 Å². The maximum atomic E-state index is 14.9. The van der Waals surface area contributed by atoms with Crippen molar-refractivity contribution in [2.45, 2.75) is 43.6 Å². The highest BCUT2D eigenvalue weighted by Gasteiger charge is 2.43. The minimum atomic E-state index is -0.960. The zero-order valence-corrected chi connectivity index (χ0v) is 17.8. The summed E-state index contributed by atoms with van der Waals surface area (Å²) in [6.07, 6.45) is 4.81. The molecule has 0 radical (unpaired) electrons. The summed E-state index contributed by atoms with van der Waals surface area (Å²) in [6.45, 7) is 0. The molecule has 10 heteroatoms. The number of fused-ring (bicyclic) bond motifs is 2. The first-order valence-corrected chi connectivity index (χ1v) is 10.6. The number of nitrogens with zero attached hydrogens (tertiary/aromatic N) is 6. The number of hydrogen-bond donors (Lipinski definition) is 2. The number of alkyl halides is 1. The Morgan fingerprint density at radius 2 is 2.00 bits per heavy atom. The van der Waals surface area contributed by atoms with E-state index in [1.165, 1.54) is 7.11 Å². The van der Waals surface area contributed by atoms with Gasteiger partial charge < -0.3 is 20.1 Å². The van der Waals surface area contributed by atoms with E-state index in [2.05, 4.69) is 30.7 Å². The van der Waals surface area contributed by atoms with Crippen molar-refractivity contribution in [2.75, 3.05) is 19.1 Å². The number of halogens is 1. The van der Waals surface area contributed by atoms with Gasteiger partial charge in [-0.3, -0.25) is 0 Å². The van der Waals surface area contributed by atoms with Crippen molar-refractivity contribution in [3.8, 4) is 34.1 Å². The number of aromatic nitrogens is 5. The second kappa shape index (κ2) is 8.27. The molecule has 9 nitrogen and oxygen atoms in total. The largest absolute Gasteiger partial charge is 0.507 e. The Morgan fingerprint density at radius 1 is 1.12 bits per heavy atom. The smallest absolute Gasteiger partial charge is 0.233 e. The Kier molecular flexibility index (Phi) is 5.30. The highest BCUT2D eigenvalue weighted by atomic mass is 19.1. The van der Waals surface area contributed by atoms with Gasteiger partial charge in [0.1, 0.15) is 11.9 Å². The summed E-state index contributed by atoms with van der Waals surface area (Å²) in [5.41, 5.74) is 1.96. The molecule has 32 heavy (non-hydrogen) atoms. The van der Waals surface area contributed by atoms with Gasteiger partial charge in [0.25, 0.3) is 0 Å². The minimum absolute atomic E-state index is 0.0138. The molecule has 5 rings (SSSR count). The van der Waals surface area contributed by atoms with E-state index in [-0.39, 0.29) is 17.8 Å². The summed E-state index contributed by atoms with van der Waals surface area (Å²) in [7, 11) is 3.35. The number of benzene rings is 1. The number of nitrogens with one attached hydrogen (secondary N) is 1. The van der Waals surface area contributed by atoms with E-state index in [0.717, 1.165) is 30.4 Å². The van der Waals surface area contributed by atoms with Gasteiger partial charge >= 0.3 is 0 Å². The van der Waals surface area contributed by atoms with E-state index in [1.54, 1.807) is 30.6 Å². The van der Waals surface area contributed by atoms with Gasteiger partial charge in [0.15, 0.2) is 11.6 Å². The van der Waals surface area contributed by atoms with Crippen molar-refractivity contribution in [3.05, 3.63) is 36.7 Å². The number of piperidine rings is 1.